The van der Waals surface area contributed by atoms with Crippen LogP contribution in [0.25, 0.3) is 11.0 Å². The molecule has 1 aliphatic heterocycles. The fraction of sp³-hybridized carbons (Fsp3) is 0.467. The molecule has 1 unspecified atom stereocenters. The van der Waals surface area contributed by atoms with Gasteiger partial charge < -0.3 is 10.3 Å². The summed E-state index contributed by atoms with van der Waals surface area (Å²) in [5.41, 5.74) is 3.19. The van der Waals surface area contributed by atoms with Crippen molar-refractivity contribution in [3.05, 3.63) is 29.6 Å². The van der Waals surface area contributed by atoms with Gasteiger partial charge in [-0.2, -0.15) is 0 Å². The Kier molecular flexibility index (Phi) is 2.62. The zero-order valence-electron chi connectivity index (χ0n) is 11.6. The third-order valence-electron chi connectivity index (χ3n) is 3.85. The summed E-state index contributed by atoms with van der Waals surface area (Å²) in [5, 5.41) is 3.97. The summed E-state index contributed by atoms with van der Waals surface area (Å²) in [7, 11) is 0. The van der Waals surface area contributed by atoms with Crippen LogP contribution in [-0.2, 0) is 10.2 Å². The van der Waals surface area contributed by atoms with Crippen molar-refractivity contribution in [2.24, 2.45) is 0 Å². The minimum Gasteiger partial charge on any atom is -0.356 e. The highest BCUT2D eigenvalue weighted by Gasteiger charge is 2.28. The predicted octanol–water partition coefficient (Wildman–Crippen LogP) is 2.46. The first-order valence-electron chi connectivity index (χ1n) is 6.72. The fourth-order valence-electron chi connectivity index (χ4n) is 2.61. The molecule has 0 saturated carbocycles. The van der Waals surface area contributed by atoms with Crippen LogP contribution in [0.3, 0.4) is 0 Å². The average molecular weight is 257 g/mol. The molecular formula is C15H19N3O. The number of rotatable bonds is 1. The van der Waals surface area contributed by atoms with E-state index in [4.69, 9.17) is 0 Å². The third-order valence-corrected chi connectivity index (χ3v) is 3.85. The van der Waals surface area contributed by atoms with Gasteiger partial charge in [0, 0.05) is 24.3 Å². The van der Waals surface area contributed by atoms with E-state index >= 15 is 0 Å². The lowest BCUT2D eigenvalue weighted by molar-refractivity contribution is -0.120. The molecule has 1 amide bonds. The van der Waals surface area contributed by atoms with Crippen LogP contribution in [0.1, 0.15) is 44.2 Å². The van der Waals surface area contributed by atoms with E-state index in [0.29, 0.717) is 0 Å². The number of H-pyrrole nitrogens is 1. The first kappa shape index (κ1) is 12.2. The van der Waals surface area contributed by atoms with E-state index in [0.717, 1.165) is 29.6 Å². The number of carbonyl (C=O) groups excluding carboxylic acids is 1. The van der Waals surface area contributed by atoms with E-state index in [1.807, 2.05) is 12.4 Å². The van der Waals surface area contributed by atoms with Gasteiger partial charge in [0.2, 0.25) is 5.91 Å². The molecule has 2 aromatic heterocycles. The molecule has 19 heavy (non-hydrogen) atoms. The Bertz CT molecular complexity index is 636. The van der Waals surface area contributed by atoms with Crippen molar-refractivity contribution in [2.75, 3.05) is 6.54 Å². The van der Waals surface area contributed by atoms with Gasteiger partial charge in [0.15, 0.2) is 0 Å². The highest BCUT2D eigenvalue weighted by molar-refractivity contribution is 5.92. The van der Waals surface area contributed by atoms with Crippen molar-refractivity contribution in [2.45, 2.75) is 38.5 Å². The van der Waals surface area contributed by atoms with Crippen molar-refractivity contribution in [1.82, 2.24) is 15.3 Å². The molecule has 0 radical (unpaired) electrons. The fourth-order valence-corrected chi connectivity index (χ4v) is 2.61. The molecule has 0 spiro atoms. The molecule has 4 heteroatoms. The zero-order valence-corrected chi connectivity index (χ0v) is 11.6. The molecule has 4 nitrogen and oxygen atoms in total. The van der Waals surface area contributed by atoms with E-state index < -0.39 is 0 Å². The predicted molar refractivity (Wildman–Crippen MR) is 75.2 cm³/mol. The average Bonchev–Trinajstić information content (AvgIpc) is 2.92. The second-order valence-electron chi connectivity index (χ2n) is 6.25. The summed E-state index contributed by atoms with van der Waals surface area (Å²) in [4.78, 5) is 19.5. The van der Waals surface area contributed by atoms with Crippen LogP contribution in [0, 0.1) is 0 Å². The highest BCUT2D eigenvalue weighted by Crippen LogP contribution is 2.32. The summed E-state index contributed by atoms with van der Waals surface area (Å²) in [6, 6.07) is 2.17. The maximum Gasteiger partial charge on any atom is 0.227 e. The van der Waals surface area contributed by atoms with Gasteiger partial charge in [0.25, 0.3) is 0 Å². The molecule has 0 aromatic carbocycles. The van der Waals surface area contributed by atoms with Gasteiger partial charge in [-0.05, 0) is 29.0 Å². The van der Waals surface area contributed by atoms with E-state index in [2.05, 4.69) is 42.1 Å². The van der Waals surface area contributed by atoms with E-state index in [9.17, 15) is 4.79 Å². The van der Waals surface area contributed by atoms with E-state index in [1.165, 1.54) is 5.56 Å². The monoisotopic (exact) mass is 257 g/mol. The maximum absolute atomic E-state index is 11.9. The minimum absolute atomic E-state index is 0.0363. The number of fused-ring (bicyclic) bond motifs is 1. The molecule has 1 atom stereocenters. The lowest BCUT2D eigenvalue weighted by atomic mass is 9.87. The molecule has 2 aromatic rings. The second-order valence-corrected chi connectivity index (χ2v) is 6.25. The molecule has 3 heterocycles. The van der Waals surface area contributed by atoms with Gasteiger partial charge >= 0.3 is 0 Å². The van der Waals surface area contributed by atoms with E-state index in [1.54, 1.807) is 0 Å². The van der Waals surface area contributed by atoms with Crippen LogP contribution in [0.15, 0.2) is 18.5 Å². The summed E-state index contributed by atoms with van der Waals surface area (Å²) in [6.07, 6.45) is 4.71. The molecule has 1 saturated heterocycles. The van der Waals surface area contributed by atoms with Crippen LogP contribution in [0.2, 0.25) is 0 Å². The van der Waals surface area contributed by atoms with Crippen LogP contribution < -0.4 is 5.32 Å². The molecule has 0 bridgehead atoms. The molecule has 2 N–H and O–H groups in total. The number of aromatic nitrogens is 2. The van der Waals surface area contributed by atoms with Gasteiger partial charge in [0.05, 0.1) is 5.92 Å². The SMILES string of the molecule is CC(C)(C)c1cnc2[nH]cc(C3CCNC3=O)c2c1. The first-order valence-corrected chi connectivity index (χ1v) is 6.72. The quantitative estimate of drug-likeness (QED) is 0.824. The maximum atomic E-state index is 11.9. The van der Waals surface area contributed by atoms with Crippen molar-refractivity contribution < 1.29 is 4.79 Å². The second kappa shape index (κ2) is 4.08. The largest absolute Gasteiger partial charge is 0.356 e. The zero-order chi connectivity index (χ0) is 13.6. The van der Waals surface area contributed by atoms with Crippen LogP contribution in [-0.4, -0.2) is 22.4 Å². The highest BCUT2D eigenvalue weighted by atomic mass is 16.2. The van der Waals surface area contributed by atoms with Gasteiger partial charge in [-0.15, -0.1) is 0 Å². The molecule has 0 aliphatic carbocycles. The smallest absolute Gasteiger partial charge is 0.227 e. The Morgan fingerprint density at radius 2 is 2.16 bits per heavy atom. The van der Waals surface area contributed by atoms with Crippen LogP contribution in [0.4, 0.5) is 0 Å². The standard InChI is InChI=1S/C15H19N3O/c1-15(2,3)9-6-11-12(8-18-13(11)17-7-9)10-4-5-16-14(10)19/h6-8,10H,4-5H2,1-3H3,(H,16,19)(H,17,18). The Morgan fingerprint density at radius 3 is 2.79 bits per heavy atom. The van der Waals surface area contributed by atoms with Crippen LogP contribution in [0.5, 0.6) is 0 Å². The number of amides is 1. The molecule has 1 fully saturated rings. The number of pyridine rings is 1. The summed E-state index contributed by atoms with van der Waals surface area (Å²) in [6.45, 7) is 7.28. The third kappa shape index (κ3) is 2.01. The lowest BCUT2D eigenvalue weighted by Crippen LogP contribution is -2.17. The Morgan fingerprint density at radius 1 is 1.37 bits per heavy atom. The number of nitrogens with zero attached hydrogens (tertiary/aromatic N) is 1. The van der Waals surface area contributed by atoms with Crippen molar-refractivity contribution >= 4 is 16.9 Å². The molecular weight excluding hydrogens is 238 g/mol. The minimum atomic E-state index is -0.0363. The number of hydrogen-bond acceptors (Lipinski definition) is 2. The van der Waals surface area contributed by atoms with Crippen LogP contribution >= 0.6 is 0 Å². The normalized spacial score (nSPS) is 19.9. The summed E-state index contributed by atoms with van der Waals surface area (Å²) in [5.74, 6) is 0.0906. The molecule has 1 aliphatic rings. The van der Waals surface area contributed by atoms with Gasteiger partial charge in [-0.25, -0.2) is 4.98 Å². The Balaban J connectivity index is 2.13. The van der Waals surface area contributed by atoms with Crippen molar-refractivity contribution in [1.29, 1.82) is 0 Å². The lowest BCUT2D eigenvalue weighted by Gasteiger charge is -2.18. The van der Waals surface area contributed by atoms with Crippen molar-refractivity contribution in [3.63, 3.8) is 0 Å². The summed E-state index contributed by atoms with van der Waals surface area (Å²) >= 11 is 0. The topological polar surface area (TPSA) is 57.8 Å². The Hall–Kier alpha value is -1.84. The number of aromatic amines is 1. The van der Waals surface area contributed by atoms with Gasteiger partial charge in [-0.1, -0.05) is 20.8 Å². The molecule has 100 valence electrons. The van der Waals surface area contributed by atoms with Gasteiger partial charge in [-0.3, -0.25) is 4.79 Å². The molecule has 3 rings (SSSR count). The summed E-state index contributed by atoms with van der Waals surface area (Å²) < 4.78 is 0. The first-order chi connectivity index (χ1) is 8.97. The number of carbonyl (C=O) groups is 1. The number of hydrogen-bond donors (Lipinski definition) is 2. The van der Waals surface area contributed by atoms with Gasteiger partial charge in [0.1, 0.15) is 5.65 Å². The number of nitrogens with one attached hydrogen (secondary N) is 2. The Labute approximate surface area is 112 Å². The van der Waals surface area contributed by atoms with E-state index in [-0.39, 0.29) is 17.2 Å². The van der Waals surface area contributed by atoms with Crippen molar-refractivity contribution in [3.8, 4) is 0 Å².